The first-order valence-corrected chi connectivity index (χ1v) is 9.72. The molecule has 2 N–H and O–H groups in total. The Labute approximate surface area is 168 Å². The van der Waals surface area contributed by atoms with Crippen LogP contribution in [0.2, 0.25) is 4.34 Å². The van der Waals surface area contributed by atoms with Gasteiger partial charge in [-0.15, -0.1) is 11.3 Å². The second kappa shape index (κ2) is 6.47. The topological polar surface area (TPSA) is 78.1 Å². The summed E-state index contributed by atoms with van der Waals surface area (Å²) in [4.78, 5) is 34.8. The number of hydrogen-bond donors (Lipinski definition) is 2. The van der Waals surface area contributed by atoms with Crippen LogP contribution in [0.1, 0.15) is 11.6 Å². The number of aromatic amines is 1. The van der Waals surface area contributed by atoms with Crippen molar-refractivity contribution in [3.63, 3.8) is 0 Å². The fourth-order valence-electron chi connectivity index (χ4n) is 3.41. The van der Waals surface area contributed by atoms with E-state index in [2.05, 4.69) is 15.3 Å². The van der Waals surface area contributed by atoms with E-state index < -0.39 is 12.1 Å². The van der Waals surface area contributed by atoms with Gasteiger partial charge in [0.25, 0.3) is 5.91 Å². The van der Waals surface area contributed by atoms with E-state index in [0.717, 1.165) is 31.4 Å². The number of thiophene rings is 1. The normalized spacial score (nSPS) is 16.8. The zero-order valence-electron chi connectivity index (χ0n) is 14.3. The maximum absolute atomic E-state index is 12.5. The molecule has 138 valence electrons. The molecule has 0 saturated carbocycles. The van der Waals surface area contributed by atoms with Gasteiger partial charge in [0, 0.05) is 10.6 Å². The monoisotopic (exact) mass is 408 g/mol. The molecule has 1 atom stereocenters. The molecular formula is C20H13ClN4O2S. The first kappa shape index (κ1) is 17.0. The van der Waals surface area contributed by atoms with Crippen LogP contribution < -0.4 is 10.2 Å². The van der Waals surface area contributed by atoms with E-state index in [4.69, 9.17) is 11.6 Å². The lowest BCUT2D eigenvalue weighted by Gasteiger charge is -2.22. The van der Waals surface area contributed by atoms with Crippen molar-refractivity contribution >= 4 is 51.6 Å². The highest BCUT2D eigenvalue weighted by Crippen LogP contribution is 2.35. The van der Waals surface area contributed by atoms with Gasteiger partial charge in [0.1, 0.15) is 6.04 Å². The Balaban J connectivity index is 1.53. The summed E-state index contributed by atoms with van der Waals surface area (Å²) in [5.41, 5.74) is 3.97. The van der Waals surface area contributed by atoms with Crippen LogP contribution in [0.4, 0.5) is 10.5 Å². The first-order valence-electron chi connectivity index (χ1n) is 8.53. The van der Waals surface area contributed by atoms with Gasteiger partial charge in [-0.3, -0.25) is 15.0 Å². The predicted molar refractivity (Wildman–Crippen MR) is 110 cm³/mol. The molecule has 8 heteroatoms. The maximum atomic E-state index is 12.5. The van der Waals surface area contributed by atoms with E-state index in [-0.39, 0.29) is 5.91 Å². The molecule has 28 heavy (non-hydrogen) atoms. The van der Waals surface area contributed by atoms with E-state index in [0.29, 0.717) is 5.69 Å². The second-order valence-corrected chi connectivity index (χ2v) is 8.11. The molecule has 5 rings (SSSR count). The van der Waals surface area contributed by atoms with Crippen LogP contribution in [-0.2, 0) is 4.79 Å². The number of rotatable bonds is 3. The fraction of sp³-hybridized carbons (Fsp3) is 0.0500. The minimum Gasteiger partial charge on any atom is -0.345 e. The Morgan fingerprint density at radius 1 is 1.04 bits per heavy atom. The van der Waals surface area contributed by atoms with Crippen molar-refractivity contribution in [1.29, 1.82) is 0 Å². The highest BCUT2D eigenvalue weighted by Gasteiger charge is 2.40. The van der Waals surface area contributed by atoms with Crippen LogP contribution in [0.3, 0.4) is 0 Å². The molecule has 0 bridgehead atoms. The van der Waals surface area contributed by atoms with Crippen molar-refractivity contribution in [3.8, 4) is 10.4 Å². The van der Waals surface area contributed by atoms with Gasteiger partial charge in [-0.25, -0.2) is 9.78 Å². The fourth-order valence-corrected chi connectivity index (χ4v) is 4.46. The van der Waals surface area contributed by atoms with E-state index in [9.17, 15) is 9.59 Å². The SMILES string of the molecule is O=C1NC(=O)N(c2ccc3nc[nH]c3c2)C1c1ccc(-c2ccc(Cl)s2)cc1. The Morgan fingerprint density at radius 3 is 2.61 bits per heavy atom. The van der Waals surface area contributed by atoms with Crippen LogP contribution in [0.15, 0.2) is 60.9 Å². The van der Waals surface area contributed by atoms with E-state index in [1.165, 1.54) is 16.2 Å². The van der Waals surface area contributed by atoms with Crippen LogP contribution in [0, 0.1) is 0 Å². The Hall–Kier alpha value is -3.16. The number of hydrogen-bond acceptors (Lipinski definition) is 4. The lowest BCUT2D eigenvalue weighted by Crippen LogP contribution is -2.29. The number of imide groups is 1. The number of anilines is 1. The van der Waals surface area contributed by atoms with Crippen LogP contribution in [0.5, 0.6) is 0 Å². The third-order valence-corrected chi connectivity index (χ3v) is 6.00. The molecule has 0 spiro atoms. The van der Waals surface area contributed by atoms with Gasteiger partial charge in [0.05, 0.1) is 21.7 Å². The Bertz CT molecular complexity index is 1210. The van der Waals surface area contributed by atoms with Crippen molar-refractivity contribution in [2.45, 2.75) is 6.04 Å². The number of H-pyrrole nitrogens is 1. The van der Waals surface area contributed by atoms with E-state index in [1.807, 2.05) is 48.5 Å². The lowest BCUT2D eigenvalue weighted by atomic mass is 10.0. The molecule has 1 aliphatic heterocycles. The number of urea groups is 1. The van der Waals surface area contributed by atoms with Gasteiger partial charge < -0.3 is 4.98 Å². The number of fused-ring (bicyclic) bond motifs is 1. The number of nitrogens with one attached hydrogen (secondary N) is 2. The van der Waals surface area contributed by atoms with E-state index >= 15 is 0 Å². The second-order valence-electron chi connectivity index (χ2n) is 6.40. The predicted octanol–water partition coefficient (Wildman–Crippen LogP) is 4.74. The first-order chi connectivity index (χ1) is 13.6. The Morgan fingerprint density at radius 2 is 1.86 bits per heavy atom. The quantitative estimate of drug-likeness (QED) is 0.480. The number of amides is 3. The van der Waals surface area contributed by atoms with Crippen molar-refractivity contribution in [2.75, 3.05) is 4.90 Å². The number of nitrogens with zero attached hydrogens (tertiary/aromatic N) is 2. The average Bonchev–Trinajstić information content (AvgIpc) is 3.40. The van der Waals surface area contributed by atoms with Crippen LogP contribution in [-0.4, -0.2) is 21.9 Å². The van der Waals surface area contributed by atoms with Crippen molar-refractivity contribution in [2.24, 2.45) is 0 Å². The lowest BCUT2D eigenvalue weighted by molar-refractivity contribution is -0.119. The van der Waals surface area contributed by atoms with Crippen molar-refractivity contribution < 1.29 is 9.59 Å². The minimum absolute atomic E-state index is 0.346. The summed E-state index contributed by atoms with van der Waals surface area (Å²) in [5, 5.41) is 2.41. The van der Waals surface area contributed by atoms with E-state index in [1.54, 1.807) is 12.4 Å². The number of halogens is 1. The van der Waals surface area contributed by atoms with Gasteiger partial charge in [-0.05, 0) is 41.5 Å². The number of carbonyl (C=O) groups is 2. The van der Waals surface area contributed by atoms with Gasteiger partial charge in [0.2, 0.25) is 0 Å². The number of carbonyl (C=O) groups excluding carboxylic acids is 2. The van der Waals surface area contributed by atoms with Crippen molar-refractivity contribution in [3.05, 3.63) is 70.8 Å². The van der Waals surface area contributed by atoms with Crippen LogP contribution in [0.25, 0.3) is 21.5 Å². The van der Waals surface area contributed by atoms with Gasteiger partial charge in [-0.1, -0.05) is 35.9 Å². The molecule has 0 aliphatic carbocycles. The number of aromatic nitrogens is 2. The summed E-state index contributed by atoms with van der Waals surface area (Å²) in [6.07, 6.45) is 1.59. The zero-order valence-corrected chi connectivity index (χ0v) is 15.9. The summed E-state index contributed by atoms with van der Waals surface area (Å²) >= 11 is 7.51. The average molecular weight is 409 g/mol. The minimum atomic E-state index is -0.728. The molecule has 3 amide bonds. The standard InChI is InChI=1S/C20H13ClN4O2S/c21-17-8-7-16(28-17)11-1-3-12(4-2-11)18-19(26)24-20(27)25(18)13-5-6-14-15(9-13)23-10-22-14/h1-10,18H,(H,22,23)(H,24,26,27). The molecule has 3 heterocycles. The molecule has 1 fully saturated rings. The van der Waals surface area contributed by atoms with Gasteiger partial charge >= 0.3 is 6.03 Å². The molecule has 1 saturated heterocycles. The maximum Gasteiger partial charge on any atom is 0.329 e. The molecule has 1 aliphatic rings. The summed E-state index contributed by atoms with van der Waals surface area (Å²) in [7, 11) is 0. The highest BCUT2D eigenvalue weighted by molar-refractivity contribution is 7.19. The third-order valence-electron chi connectivity index (χ3n) is 4.72. The molecule has 1 unspecified atom stereocenters. The zero-order chi connectivity index (χ0) is 19.3. The number of imidazole rings is 1. The van der Waals surface area contributed by atoms with Gasteiger partial charge in [-0.2, -0.15) is 0 Å². The van der Waals surface area contributed by atoms with Crippen LogP contribution >= 0.6 is 22.9 Å². The number of benzene rings is 2. The molecule has 6 nitrogen and oxygen atoms in total. The molecule has 4 aromatic rings. The summed E-state index contributed by atoms with van der Waals surface area (Å²) < 4.78 is 0.722. The summed E-state index contributed by atoms with van der Waals surface area (Å²) in [5.74, 6) is -0.346. The third kappa shape index (κ3) is 2.76. The largest absolute Gasteiger partial charge is 0.345 e. The highest BCUT2D eigenvalue weighted by atomic mass is 35.5. The summed E-state index contributed by atoms with van der Waals surface area (Å²) in [6, 6.07) is 15.7. The van der Waals surface area contributed by atoms with Crippen molar-refractivity contribution in [1.82, 2.24) is 15.3 Å². The van der Waals surface area contributed by atoms with Gasteiger partial charge in [0.15, 0.2) is 0 Å². The molecule has 0 radical (unpaired) electrons. The molecule has 2 aromatic heterocycles. The smallest absolute Gasteiger partial charge is 0.329 e. The molecular weight excluding hydrogens is 396 g/mol. The summed E-state index contributed by atoms with van der Waals surface area (Å²) in [6.45, 7) is 0. The Kier molecular flexibility index (Phi) is 3.92. The molecule has 2 aromatic carbocycles.